The van der Waals surface area contributed by atoms with Gasteiger partial charge in [0, 0.05) is 22.5 Å². The smallest absolute Gasteiger partial charge is 0.411 e. The first-order valence-electron chi connectivity index (χ1n) is 17.6. The maximum absolute atomic E-state index is 14.8. The number of alkyl halides is 6. The second-order valence-electron chi connectivity index (χ2n) is 13.6. The topological polar surface area (TPSA) is 76.7 Å². The number of benzene rings is 6. The maximum atomic E-state index is 14.8. The van der Waals surface area contributed by atoms with Crippen LogP contribution in [0.4, 0.5) is 37.7 Å². The van der Waals surface area contributed by atoms with Crippen LogP contribution in [0.5, 0.6) is 23.0 Å². The van der Waals surface area contributed by atoms with E-state index in [4.69, 9.17) is 9.47 Å². The van der Waals surface area contributed by atoms with Gasteiger partial charge in [-0.2, -0.15) is 26.3 Å². The number of hydrogen-bond acceptors (Lipinski definition) is 4. The Kier molecular flexibility index (Phi) is 11.2. The van der Waals surface area contributed by atoms with Crippen molar-refractivity contribution in [3.63, 3.8) is 0 Å². The van der Waals surface area contributed by atoms with E-state index in [0.717, 1.165) is 70.8 Å². The highest BCUT2D eigenvalue weighted by Crippen LogP contribution is 2.56. The predicted octanol–water partition coefficient (Wildman–Crippen LogP) is 12.4. The molecule has 6 aromatic carbocycles. The molecule has 0 aliphatic rings. The second kappa shape index (κ2) is 15.9. The van der Waals surface area contributed by atoms with Gasteiger partial charge in [-0.1, -0.05) is 36.4 Å². The van der Waals surface area contributed by atoms with E-state index in [-0.39, 0.29) is 34.8 Å². The summed E-state index contributed by atoms with van der Waals surface area (Å²) in [6.07, 6.45) is -11.6. The van der Waals surface area contributed by atoms with E-state index in [1.54, 1.807) is 48.5 Å². The summed E-state index contributed by atoms with van der Waals surface area (Å²) >= 11 is 0. The van der Waals surface area contributed by atoms with Crippen LogP contribution < -0.4 is 20.1 Å². The summed E-state index contributed by atoms with van der Waals surface area (Å²) in [5.41, 5.74) is -0.673. The van der Waals surface area contributed by atoms with Gasteiger partial charge in [-0.3, -0.25) is 9.59 Å². The molecular weight excluding hydrogens is 746 g/mol. The van der Waals surface area contributed by atoms with Gasteiger partial charge in [-0.25, -0.2) is 0 Å². The minimum Gasteiger partial charge on any atom is -0.457 e. The van der Waals surface area contributed by atoms with Crippen molar-refractivity contribution >= 4 is 23.2 Å². The van der Waals surface area contributed by atoms with Crippen molar-refractivity contribution in [2.24, 2.45) is 0 Å². The summed E-state index contributed by atoms with van der Waals surface area (Å²) in [5, 5.41) is 5.53. The molecule has 0 aromatic heterocycles. The van der Waals surface area contributed by atoms with E-state index in [2.05, 4.69) is 10.6 Å². The molecule has 0 bridgehead atoms. The number of carbonyl (C=O) groups excluding carboxylic acids is 2. The maximum Gasteiger partial charge on any atom is 0.411 e. The summed E-state index contributed by atoms with van der Waals surface area (Å²) in [4.78, 5) is 25.3. The molecule has 0 aliphatic carbocycles. The molecule has 57 heavy (non-hydrogen) atoms. The third-order valence-electron chi connectivity index (χ3n) is 9.66. The molecule has 0 saturated heterocycles. The molecule has 0 heterocycles. The van der Waals surface area contributed by atoms with Crippen molar-refractivity contribution in [2.75, 3.05) is 10.6 Å². The highest BCUT2D eigenvalue weighted by molar-refractivity contribution is 6.05. The molecule has 0 unspecified atom stereocenters. The molecule has 6 nitrogen and oxygen atoms in total. The number of anilines is 2. The zero-order valence-electron chi connectivity index (χ0n) is 31.1. The van der Waals surface area contributed by atoms with Crippen molar-refractivity contribution < 1.29 is 45.4 Å². The monoisotopic (exact) mass is 782 g/mol. The molecule has 2 amide bonds. The van der Waals surface area contributed by atoms with Crippen molar-refractivity contribution in [1.29, 1.82) is 0 Å². The van der Waals surface area contributed by atoms with Crippen LogP contribution in [0.2, 0.25) is 0 Å². The molecule has 6 aromatic rings. The number of hydrogen-bond donors (Lipinski definition) is 2. The lowest BCUT2D eigenvalue weighted by Gasteiger charge is -2.38. The average molecular weight is 783 g/mol. The van der Waals surface area contributed by atoms with E-state index in [9.17, 15) is 35.9 Å². The van der Waals surface area contributed by atoms with Crippen LogP contribution in [0.1, 0.15) is 54.1 Å². The van der Waals surface area contributed by atoms with Crippen LogP contribution in [-0.2, 0) is 5.41 Å². The van der Waals surface area contributed by atoms with Gasteiger partial charge >= 0.3 is 12.4 Å². The molecule has 0 atom stereocenters. The lowest BCUT2D eigenvalue weighted by atomic mass is 9.73. The molecule has 0 radical (unpaired) electrons. The number of carbonyl (C=O) groups is 2. The Balaban J connectivity index is 1.16. The number of ether oxygens (including phenoxy) is 2. The molecule has 2 N–H and O–H groups in total. The Morgan fingerprint density at radius 1 is 0.421 bits per heavy atom. The van der Waals surface area contributed by atoms with Gasteiger partial charge < -0.3 is 20.1 Å². The summed E-state index contributed by atoms with van der Waals surface area (Å²) in [5.74, 6) is -0.212. The minimum atomic E-state index is -5.80. The van der Waals surface area contributed by atoms with Gasteiger partial charge in [0.05, 0.1) is 0 Å². The largest absolute Gasteiger partial charge is 0.457 e. The van der Waals surface area contributed by atoms with E-state index < -0.39 is 28.9 Å². The highest BCUT2D eigenvalue weighted by Gasteiger charge is 2.72. The molecule has 0 saturated carbocycles. The number of amides is 2. The van der Waals surface area contributed by atoms with Gasteiger partial charge in [0.1, 0.15) is 23.0 Å². The molecular formula is C45H36F6N2O4. The third kappa shape index (κ3) is 8.65. The average Bonchev–Trinajstić information content (AvgIpc) is 3.16. The van der Waals surface area contributed by atoms with Gasteiger partial charge in [0.25, 0.3) is 11.8 Å². The number of nitrogens with one attached hydrogen (secondary N) is 2. The van der Waals surface area contributed by atoms with Crippen molar-refractivity contribution in [1.82, 2.24) is 0 Å². The fourth-order valence-electron chi connectivity index (χ4n) is 6.18. The minimum absolute atomic E-state index is 0.0107. The van der Waals surface area contributed by atoms with Crippen molar-refractivity contribution in [3.8, 4) is 23.0 Å². The van der Waals surface area contributed by atoms with E-state index in [1.165, 1.54) is 24.3 Å². The molecule has 0 aliphatic heterocycles. The second-order valence-corrected chi connectivity index (χ2v) is 13.6. The van der Waals surface area contributed by atoms with Gasteiger partial charge in [0.15, 0.2) is 0 Å². The zero-order valence-corrected chi connectivity index (χ0v) is 31.1. The lowest BCUT2D eigenvalue weighted by molar-refractivity contribution is -0.288. The van der Waals surface area contributed by atoms with Gasteiger partial charge in [-0.05, 0) is 158 Å². The third-order valence-corrected chi connectivity index (χ3v) is 9.66. The molecule has 0 fully saturated rings. The summed E-state index contributed by atoms with van der Waals surface area (Å²) < 4.78 is 100. The quantitative estimate of drug-likeness (QED) is 0.136. The fourth-order valence-corrected chi connectivity index (χ4v) is 6.18. The Bertz CT molecular complexity index is 2220. The van der Waals surface area contributed by atoms with Crippen molar-refractivity contribution in [2.45, 2.75) is 45.5 Å². The van der Waals surface area contributed by atoms with Crippen LogP contribution in [0.3, 0.4) is 0 Å². The molecule has 0 spiro atoms. The van der Waals surface area contributed by atoms with Crippen LogP contribution in [0.15, 0.2) is 133 Å². The first-order valence-corrected chi connectivity index (χ1v) is 17.6. The number of halogens is 6. The number of aryl methyl sites for hydroxylation is 4. The van der Waals surface area contributed by atoms with Crippen LogP contribution in [0.25, 0.3) is 0 Å². The first-order chi connectivity index (χ1) is 26.9. The molecule has 12 heteroatoms. The van der Waals surface area contributed by atoms with Gasteiger partial charge in [0.2, 0.25) is 5.41 Å². The van der Waals surface area contributed by atoms with Crippen molar-refractivity contribution in [3.05, 3.63) is 178 Å². The van der Waals surface area contributed by atoms with E-state index in [0.29, 0.717) is 22.5 Å². The molecule has 292 valence electrons. The lowest BCUT2D eigenvalue weighted by Crippen LogP contribution is -2.54. The van der Waals surface area contributed by atoms with E-state index in [1.807, 2.05) is 39.8 Å². The van der Waals surface area contributed by atoms with E-state index >= 15 is 0 Å². The SMILES string of the molecule is Cc1ccc(C(=O)Nc2ccc(Oc3ccc(C(c4ccc(Oc5ccc(NC(=O)c6ccc(C)c(C)c6)cc5)cc4)(C(F)(F)F)C(F)(F)F)cc3)cc2)cc1C. The highest BCUT2D eigenvalue weighted by atomic mass is 19.4. The Morgan fingerprint density at radius 3 is 1.00 bits per heavy atom. The van der Waals surface area contributed by atoms with Crippen LogP contribution in [-0.4, -0.2) is 24.2 Å². The van der Waals surface area contributed by atoms with Crippen LogP contribution >= 0.6 is 0 Å². The Hall–Kier alpha value is -6.56. The van der Waals surface area contributed by atoms with Gasteiger partial charge in [-0.15, -0.1) is 0 Å². The summed E-state index contributed by atoms with van der Waals surface area (Å²) in [6.45, 7) is 7.66. The Labute approximate surface area is 325 Å². The summed E-state index contributed by atoms with van der Waals surface area (Å²) in [7, 11) is 0. The first kappa shape index (κ1) is 40.1. The zero-order chi connectivity index (χ0) is 41.1. The number of rotatable bonds is 10. The standard InChI is InChI=1S/C45H36F6N2O4/c1-27-5-7-31(25-29(27)3)41(54)52-35-13-21-39(22-14-35)56-37-17-9-33(10-18-37)43(44(46,47)48,45(49,50)51)34-11-19-38(20-12-34)57-40-23-15-36(16-24-40)53-42(55)32-8-6-28(2)30(4)26-32/h5-26H,1-4H3,(H,52,54)(H,53,55). The predicted molar refractivity (Wildman–Crippen MR) is 207 cm³/mol. The normalized spacial score (nSPS) is 11.8. The van der Waals surface area contributed by atoms with Crippen LogP contribution in [0, 0.1) is 27.7 Å². The summed E-state index contributed by atoms with van der Waals surface area (Å²) in [6, 6.07) is 29.9. The molecule has 6 rings (SSSR count). The fraction of sp³-hybridized carbons (Fsp3) is 0.156. The Morgan fingerprint density at radius 2 is 0.719 bits per heavy atom.